The van der Waals surface area contributed by atoms with Crippen LogP contribution in [0.2, 0.25) is 0 Å². The first-order valence-electron chi connectivity index (χ1n) is 4.13. The summed E-state index contributed by atoms with van der Waals surface area (Å²) in [6.07, 6.45) is 6.27. The zero-order valence-electron chi connectivity index (χ0n) is 7.23. The van der Waals surface area contributed by atoms with E-state index >= 15 is 0 Å². The van der Waals surface area contributed by atoms with Crippen molar-refractivity contribution in [3.05, 3.63) is 11.5 Å². The molecule has 12 heavy (non-hydrogen) atoms. The van der Waals surface area contributed by atoms with Crippen molar-refractivity contribution >= 4 is 9.84 Å². The second kappa shape index (κ2) is 3.58. The smallest absolute Gasteiger partial charge is 0.168 e. The van der Waals surface area contributed by atoms with Gasteiger partial charge in [0, 0.05) is 17.7 Å². The van der Waals surface area contributed by atoms with Crippen LogP contribution in [-0.4, -0.2) is 20.7 Å². The third-order valence-electron chi connectivity index (χ3n) is 2.24. The van der Waals surface area contributed by atoms with Crippen molar-refractivity contribution in [2.24, 2.45) is 11.7 Å². The van der Waals surface area contributed by atoms with Gasteiger partial charge in [0.2, 0.25) is 0 Å². The molecule has 0 radical (unpaired) electrons. The van der Waals surface area contributed by atoms with E-state index in [0.717, 1.165) is 12.8 Å². The van der Waals surface area contributed by atoms with Crippen molar-refractivity contribution in [3.8, 4) is 0 Å². The van der Waals surface area contributed by atoms with Crippen LogP contribution < -0.4 is 5.73 Å². The molecular formula is C8H15NO2S. The fraction of sp³-hybridized carbons (Fsp3) is 0.750. The van der Waals surface area contributed by atoms with Gasteiger partial charge in [0.15, 0.2) is 9.84 Å². The highest BCUT2D eigenvalue weighted by atomic mass is 32.2. The summed E-state index contributed by atoms with van der Waals surface area (Å²) in [5.41, 5.74) is 5.73. The van der Waals surface area contributed by atoms with Crippen LogP contribution in [0.15, 0.2) is 11.5 Å². The Balaban J connectivity index is 2.44. The third-order valence-corrected chi connectivity index (χ3v) is 2.89. The van der Waals surface area contributed by atoms with E-state index in [1.807, 2.05) is 0 Å². The Morgan fingerprint density at radius 3 is 2.42 bits per heavy atom. The molecule has 3 nitrogen and oxygen atoms in total. The largest absolute Gasteiger partial charge is 0.324 e. The summed E-state index contributed by atoms with van der Waals surface area (Å²) < 4.78 is 21.4. The Morgan fingerprint density at radius 2 is 2.08 bits per heavy atom. The summed E-state index contributed by atoms with van der Waals surface area (Å²) in [5, 5.41) is 1.20. The predicted molar refractivity (Wildman–Crippen MR) is 49.3 cm³/mol. The molecule has 1 aliphatic carbocycles. The van der Waals surface area contributed by atoms with Crippen LogP contribution in [0.1, 0.15) is 19.3 Å². The highest BCUT2D eigenvalue weighted by Gasteiger charge is 2.22. The van der Waals surface area contributed by atoms with Gasteiger partial charge in [-0.15, -0.1) is 0 Å². The van der Waals surface area contributed by atoms with E-state index in [-0.39, 0.29) is 6.04 Å². The Hall–Kier alpha value is -0.350. The first-order chi connectivity index (χ1) is 5.49. The Kier molecular flexibility index (Phi) is 2.90. The minimum atomic E-state index is -3.00. The number of hydrogen-bond donors (Lipinski definition) is 1. The minimum absolute atomic E-state index is 0.0755. The second-order valence-electron chi connectivity index (χ2n) is 3.43. The van der Waals surface area contributed by atoms with Gasteiger partial charge in [-0.2, -0.15) is 0 Å². The maximum absolute atomic E-state index is 10.7. The summed E-state index contributed by atoms with van der Waals surface area (Å²) >= 11 is 0. The fourth-order valence-electron chi connectivity index (χ4n) is 1.22. The lowest BCUT2D eigenvalue weighted by Crippen LogP contribution is -2.32. The molecule has 1 aliphatic rings. The van der Waals surface area contributed by atoms with E-state index in [0.29, 0.717) is 5.92 Å². The quantitative estimate of drug-likeness (QED) is 0.710. The first kappa shape index (κ1) is 9.74. The first-order valence-corrected chi connectivity index (χ1v) is 6.08. The second-order valence-corrected chi connectivity index (χ2v) is 5.36. The molecule has 0 spiro atoms. The van der Waals surface area contributed by atoms with E-state index in [1.165, 1.54) is 18.1 Å². The van der Waals surface area contributed by atoms with E-state index in [2.05, 4.69) is 0 Å². The van der Waals surface area contributed by atoms with Crippen LogP contribution in [0.4, 0.5) is 0 Å². The van der Waals surface area contributed by atoms with Gasteiger partial charge in [-0.3, -0.25) is 0 Å². The summed E-state index contributed by atoms with van der Waals surface area (Å²) in [5.74, 6) is 0.503. The SMILES string of the molecule is CS(=O)(=O)/C=C/[C@@H](N)C1CCC1. The number of nitrogens with two attached hydrogens (primary N) is 1. The van der Waals surface area contributed by atoms with Crippen LogP contribution in [0.5, 0.6) is 0 Å². The monoisotopic (exact) mass is 189 g/mol. The Morgan fingerprint density at radius 1 is 1.50 bits per heavy atom. The van der Waals surface area contributed by atoms with Crippen molar-refractivity contribution in [2.75, 3.05) is 6.26 Å². The van der Waals surface area contributed by atoms with Gasteiger partial charge in [0.25, 0.3) is 0 Å². The number of hydrogen-bond acceptors (Lipinski definition) is 3. The summed E-state index contributed by atoms with van der Waals surface area (Å²) in [6.45, 7) is 0. The van der Waals surface area contributed by atoms with Gasteiger partial charge in [0.05, 0.1) is 0 Å². The van der Waals surface area contributed by atoms with E-state index in [4.69, 9.17) is 5.73 Å². The molecular weight excluding hydrogens is 174 g/mol. The maximum Gasteiger partial charge on any atom is 0.168 e. The molecule has 1 atom stereocenters. The van der Waals surface area contributed by atoms with Crippen LogP contribution in [0.3, 0.4) is 0 Å². The van der Waals surface area contributed by atoms with Crippen LogP contribution in [0.25, 0.3) is 0 Å². The zero-order chi connectivity index (χ0) is 9.19. The molecule has 0 bridgehead atoms. The topological polar surface area (TPSA) is 60.2 Å². The molecule has 0 aromatic rings. The number of sulfone groups is 1. The van der Waals surface area contributed by atoms with E-state index in [9.17, 15) is 8.42 Å². The molecule has 1 rings (SSSR count). The summed E-state index contributed by atoms with van der Waals surface area (Å²) in [7, 11) is -3.00. The van der Waals surface area contributed by atoms with Gasteiger partial charge in [-0.05, 0) is 18.8 Å². The number of rotatable bonds is 3. The molecule has 0 aromatic carbocycles. The molecule has 1 saturated carbocycles. The van der Waals surface area contributed by atoms with Gasteiger partial charge in [-0.25, -0.2) is 8.42 Å². The van der Waals surface area contributed by atoms with Crippen molar-refractivity contribution in [2.45, 2.75) is 25.3 Å². The van der Waals surface area contributed by atoms with Crippen LogP contribution in [0, 0.1) is 5.92 Å². The predicted octanol–water partition coefficient (Wildman–Crippen LogP) is 0.672. The Bertz CT molecular complexity index is 265. The fourth-order valence-corrected chi connectivity index (χ4v) is 1.68. The van der Waals surface area contributed by atoms with Gasteiger partial charge in [-0.1, -0.05) is 12.5 Å². The molecule has 0 unspecified atom stereocenters. The third kappa shape index (κ3) is 2.95. The zero-order valence-corrected chi connectivity index (χ0v) is 8.05. The van der Waals surface area contributed by atoms with Crippen molar-refractivity contribution in [1.82, 2.24) is 0 Å². The standard InChI is InChI=1S/C8H15NO2S/c1-12(10,11)6-5-8(9)7-3-2-4-7/h5-8H,2-4,9H2,1H3/b6-5+/t8-/m1/s1. The minimum Gasteiger partial charge on any atom is -0.324 e. The van der Waals surface area contributed by atoms with Crippen molar-refractivity contribution < 1.29 is 8.42 Å². The van der Waals surface area contributed by atoms with Crippen LogP contribution in [-0.2, 0) is 9.84 Å². The van der Waals surface area contributed by atoms with Crippen molar-refractivity contribution in [3.63, 3.8) is 0 Å². The lowest BCUT2D eigenvalue weighted by Gasteiger charge is -2.29. The average Bonchev–Trinajstić information content (AvgIpc) is 1.78. The molecule has 1 fully saturated rings. The molecule has 0 aliphatic heterocycles. The molecule has 0 heterocycles. The van der Waals surface area contributed by atoms with E-state index in [1.54, 1.807) is 6.08 Å². The van der Waals surface area contributed by atoms with Crippen LogP contribution >= 0.6 is 0 Å². The molecule has 4 heteroatoms. The van der Waals surface area contributed by atoms with E-state index < -0.39 is 9.84 Å². The lowest BCUT2D eigenvalue weighted by atomic mass is 9.80. The highest BCUT2D eigenvalue weighted by molar-refractivity contribution is 7.93. The lowest BCUT2D eigenvalue weighted by molar-refractivity contribution is 0.289. The van der Waals surface area contributed by atoms with Crippen molar-refractivity contribution in [1.29, 1.82) is 0 Å². The summed E-state index contributed by atoms with van der Waals surface area (Å²) in [4.78, 5) is 0. The average molecular weight is 189 g/mol. The normalized spacial score (nSPS) is 22.5. The Labute approximate surface area is 73.6 Å². The van der Waals surface area contributed by atoms with Gasteiger partial charge >= 0.3 is 0 Å². The van der Waals surface area contributed by atoms with Gasteiger partial charge < -0.3 is 5.73 Å². The summed E-state index contributed by atoms with van der Waals surface area (Å²) in [6, 6.07) is -0.0755. The molecule has 0 aromatic heterocycles. The molecule has 0 amide bonds. The maximum atomic E-state index is 10.7. The molecule has 0 saturated heterocycles. The molecule has 70 valence electrons. The molecule has 2 N–H and O–H groups in total. The van der Waals surface area contributed by atoms with Gasteiger partial charge in [0.1, 0.15) is 0 Å². The highest BCUT2D eigenvalue weighted by Crippen LogP contribution is 2.28.